The van der Waals surface area contributed by atoms with Crippen LogP contribution >= 0.6 is 0 Å². The minimum atomic E-state index is -0.333. The Morgan fingerprint density at radius 2 is 2.35 bits per heavy atom. The lowest BCUT2D eigenvalue weighted by atomic mass is 9.81. The van der Waals surface area contributed by atoms with Crippen LogP contribution in [0.3, 0.4) is 0 Å². The minimum Gasteiger partial charge on any atom is -0.494 e. The van der Waals surface area contributed by atoms with Gasteiger partial charge < -0.3 is 9.47 Å². The second-order valence-corrected chi connectivity index (χ2v) is 5.45. The Morgan fingerprint density at radius 3 is 2.95 bits per heavy atom. The third kappa shape index (κ3) is 3.48. The van der Waals surface area contributed by atoms with E-state index in [2.05, 4.69) is 12.3 Å². The molecule has 0 saturated carbocycles. The van der Waals surface area contributed by atoms with Gasteiger partial charge >= 0.3 is 0 Å². The van der Waals surface area contributed by atoms with Gasteiger partial charge in [0.05, 0.1) is 7.11 Å². The van der Waals surface area contributed by atoms with Crippen molar-refractivity contribution in [3.05, 3.63) is 29.6 Å². The molecule has 112 valence electrons. The molecule has 20 heavy (non-hydrogen) atoms. The second-order valence-electron chi connectivity index (χ2n) is 5.45. The van der Waals surface area contributed by atoms with Gasteiger partial charge in [0.15, 0.2) is 11.6 Å². The van der Waals surface area contributed by atoms with Crippen LogP contribution in [0.1, 0.15) is 18.9 Å². The SMILES string of the molecule is COc1ccc(CC(NN)C2CCOCC2C)cc1F. The lowest BCUT2D eigenvalue weighted by Gasteiger charge is -2.35. The zero-order valence-corrected chi connectivity index (χ0v) is 12.1. The van der Waals surface area contributed by atoms with Crippen LogP contribution in [0.2, 0.25) is 0 Å². The summed E-state index contributed by atoms with van der Waals surface area (Å²) < 4.78 is 24.1. The van der Waals surface area contributed by atoms with Crippen LogP contribution < -0.4 is 16.0 Å². The standard InChI is InChI=1S/C15H23FN2O2/c1-10-9-20-6-5-12(10)14(18-17)8-11-3-4-15(19-2)13(16)7-11/h3-4,7,10,12,14,18H,5-6,8-9,17H2,1-2H3. The molecule has 3 atom stereocenters. The van der Waals surface area contributed by atoms with Crippen molar-refractivity contribution in [3.63, 3.8) is 0 Å². The van der Waals surface area contributed by atoms with Gasteiger partial charge in [-0.3, -0.25) is 11.3 Å². The van der Waals surface area contributed by atoms with E-state index < -0.39 is 0 Å². The van der Waals surface area contributed by atoms with Gasteiger partial charge in [-0.05, 0) is 42.4 Å². The average molecular weight is 282 g/mol. The number of nitrogens with two attached hydrogens (primary N) is 1. The van der Waals surface area contributed by atoms with Gasteiger partial charge in [0.2, 0.25) is 0 Å². The Bertz CT molecular complexity index is 442. The number of ether oxygens (including phenoxy) is 2. The summed E-state index contributed by atoms with van der Waals surface area (Å²) in [5.41, 5.74) is 3.81. The molecule has 2 rings (SSSR count). The van der Waals surface area contributed by atoms with Crippen molar-refractivity contribution >= 4 is 0 Å². The normalized spacial score (nSPS) is 24.4. The van der Waals surface area contributed by atoms with Gasteiger partial charge in [0.25, 0.3) is 0 Å². The largest absolute Gasteiger partial charge is 0.494 e. The summed E-state index contributed by atoms with van der Waals surface area (Å²) in [6.07, 6.45) is 1.68. The molecule has 0 radical (unpaired) electrons. The van der Waals surface area contributed by atoms with Gasteiger partial charge in [-0.2, -0.15) is 0 Å². The van der Waals surface area contributed by atoms with E-state index in [0.29, 0.717) is 18.3 Å². The molecule has 1 aliphatic heterocycles. The second kappa shape index (κ2) is 7.02. The van der Waals surface area contributed by atoms with Crippen LogP contribution in [0.15, 0.2) is 18.2 Å². The van der Waals surface area contributed by atoms with Crippen molar-refractivity contribution in [1.29, 1.82) is 0 Å². The summed E-state index contributed by atoms with van der Waals surface area (Å²) in [4.78, 5) is 0. The van der Waals surface area contributed by atoms with Crippen LogP contribution in [0.5, 0.6) is 5.75 Å². The number of benzene rings is 1. The van der Waals surface area contributed by atoms with E-state index in [4.69, 9.17) is 15.3 Å². The average Bonchev–Trinajstić information content (AvgIpc) is 2.46. The topological polar surface area (TPSA) is 56.5 Å². The van der Waals surface area contributed by atoms with Crippen LogP contribution in [-0.4, -0.2) is 26.4 Å². The molecule has 4 nitrogen and oxygen atoms in total. The van der Waals surface area contributed by atoms with Crippen molar-refractivity contribution in [3.8, 4) is 5.75 Å². The number of hydrogen-bond acceptors (Lipinski definition) is 4. The molecule has 1 saturated heterocycles. The Labute approximate surface area is 119 Å². The maximum atomic E-state index is 13.7. The third-order valence-electron chi connectivity index (χ3n) is 4.11. The van der Waals surface area contributed by atoms with E-state index in [1.807, 2.05) is 6.07 Å². The van der Waals surface area contributed by atoms with Crippen LogP contribution in [0.4, 0.5) is 4.39 Å². The molecule has 0 aromatic heterocycles. The Balaban J connectivity index is 2.07. The number of nitrogens with one attached hydrogen (secondary N) is 1. The monoisotopic (exact) mass is 282 g/mol. The predicted octanol–water partition coefficient (Wildman–Crippen LogP) is 1.88. The molecule has 1 aromatic rings. The summed E-state index contributed by atoms with van der Waals surface area (Å²) in [7, 11) is 1.46. The minimum absolute atomic E-state index is 0.127. The molecule has 3 unspecified atom stereocenters. The fourth-order valence-corrected chi connectivity index (χ4v) is 2.92. The molecule has 1 aromatic carbocycles. The van der Waals surface area contributed by atoms with Crippen molar-refractivity contribution < 1.29 is 13.9 Å². The molecule has 1 fully saturated rings. The number of methoxy groups -OCH3 is 1. The quantitative estimate of drug-likeness (QED) is 0.639. The Morgan fingerprint density at radius 1 is 1.55 bits per heavy atom. The number of hydrogen-bond donors (Lipinski definition) is 2. The number of halogens is 1. The smallest absolute Gasteiger partial charge is 0.165 e. The Hall–Kier alpha value is -1.17. The first-order chi connectivity index (χ1) is 9.65. The molecule has 1 aliphatic rings. The summed E-state index contributed by atoms with van der Waals surface area (Å²) in [5.74, 6) is 6.53. The summed E-state index contributed by atoms with van der Waals surface area (Å²) in [6.45, 7) is 3.70. The van der Waals surface area contributed by atoms with Crippen LogP contribution in [0, 0.1) is 17.7 Å². The molecule has 0 amide bonds. The summed E-state index contributed by atoms with van der Waals surface area (Å²) >= 11 is 0. The zero-order chi connectivity index (χ0) is 14.5. The van der Waals surface area contributed by atoms with Gasteiger partial charge in [-0.15, -0.1) is 0 Å². The van der Waals surface area contributed by atoms with E-state index in [9.17, 15) is 4.39 Å². The molecular formula is C15H23FN2O2. The van der Waals surface area contributed by atoms with Gasteiger partial charge in [0.1, 0.15) is 0 Å². The summed E-state index contributed by atoms with van der Waals surface area (Å²) in [6, 6.07) is 5.19. The first-order valence-corrected chi connectivity index (χ1v) is 7.02. The Kier molecular flexibility index (Phi) is 5.34. The van der Waals surface area contributed by atoms with E-state index >= 15 is 0 Å². The van der Waals surface area contributed by atoms with Crippen molar-refractivity contribution in [1.82, 2.24) is 5.43 Å². The first kappa shape index (κ1) is 15.2. The molecular weight excluding hydrogens is 259 g/mol. The molecule has 0 bridgehead atoms. The maximum absolute atomic E-state index is 13.7. The molecule has 0 aliphatic carbocycles. The third-order valence-corrected chi connectivity index (χ3v) is 4.11. The lowest BCUT2D eigenvalue weighted by Crippen LogP contribution is -2.47. The molecule has 3 N–H and O–H groups in total. The van der Waals surface area contributed by atoms with Crippen molar-refractivity contribution in [2.24, 2.45) is 17.7 Å². The van der Waals surface area contributed by atoms with E-state index in [1.165, 1.54) is 13.2 Å². The molecule has 0 spiro atoms. The zero-order valence-electron chi connectivity index (χ0n) is 12.1. The highest BCUT2D eigenvalue weighted by Crippen LogP contribution is 2.27. The van der Waals surface area contributed by atoms with Crippen LogP contribution in [-0.2, 0) is 11.2 Å². The van der Waals surface area contributed by atoms with Crippen LogP contribution in [0.25, 0.3) is 0 Å². The van der Waals surface area contributed by atoms with E-state index in [-0.39, 0.29) is 17.6 Å². The van der Waals surface area contributed by atoms with Crippen molar-refractivity contribution in [2.75, 3.05) is 20.3 Å². The lowest BCUT2D eigenvalue weighted by molar-refractivity contribution is 0.0109. The molecule has 5 heteroatoms. The van der Waals surface area contributed by atoms with E-state index in [1.54, 1.807) is 6.07 Å². The highest BCUT2D eigenvalue weighted by Gasteiger charge is 2.29. The van der Waals surface area contributed by atoms with Gasteiger partial charge in [-0.1, -0.05) is 13.0 Å². The maximum Gasteiger partial charge on any atom is 0.165 e. The van der Waals surface area contributed by atoms with Gasteiger partial charge in [-0.25, -0.2) is 4.39 Å². The number of hydrazine groups is 1. The fourth-order valence-electron chi connectivity index (χ4n) is 2.92. The molecule has 1 heterocycles. The van der Waals surface area contributed by atoms with E-state index in [0.717, 1.165) is 25.2 Å². The summed E-state index contributed by atoms with van der Waals surface area (Å²) in [5, 5.41) is 0. The highest BCUT2D eigenvalue weighted by atomic mass is 19.1. The van der Waals surface area contributed by atoms with Crippen molar-refractivity contribution in [2.45, 2.75) is 25.8 Å². The number of rotatable bonds is 5. The predicted molar refractivity (Wildman–Crippen MR) is 75.9 cm³/mol. The fraction of sp³-hybridized carbons (Fsp3) is 0.600. The highest BCUT2D eigenvalue weighted by molar-refractivity contribution is 5.29. The van der Waals surface area contributed by atoms with Gasteiger partial charge in [0, 0.05) is 19.3 Å². The first-order valence-electron chi connectivity index (χ1n) is 7.02.